The minimum atomic E-state index is 0.0341. The highest BCUT2D eigenvalue weighted by molar-refractivity contribution is 8.00. The van der Waals surface area contributed by atoms with Crippen molar-refractivity contribution in [1.82, 2.24) is 10.3 Å². The summed E-state index contributed by atoms with van der Waals surface area (Å²) in [5, 5.41) is 6.16. The summed E-state index contributed by atoms with van der Waals surface area (Å²) in [7, 11) is 0. The lowest BCUT2D eigenvalue weighted by atomic mass is 10.3. The van der Waals surface area contributed by atoms with Gasteiger partial charge >= 0.3 is 0 Å². The third-order valence-corrected chi connectivity index (χ3v) is 7.05. The lowest BCUT2D eigenvalue weighted by molar-refractivity contribution is -0.118. The van der Waals surface area contributed by atoms with E-state index >= 15 is 0 Å². The number of aryl methyl sites for hydroxylation is 1. The van der Waals surface area contributed by atoms with E-state index in [4.69, 9.17) is 9.47 Å². The van der Waals surface area contributed by atoms with E-state index in [0.717, 1.165) is 33.5 Å². The molecule has 5 nitrogen and oxygen atoms in total. The van der Waals surface area contributed by atoms with Crippen molar-refractivity contribution < 1.29 is 14.3 Å². The maximum atomic E-state index is 12.1. The van der Waals surface area contributed by atoms with Gasteiger partial charge in [0.25, 0.3) is 0 Å². The number of fused-ring (bicyclic) bond motifs is 1. The molecule has 0 fully saturated rings. The second-order valence-corrected chi connectivity index (χ2v) is 9.49. The predicted molar refractivity (Wildman–Crippen MR) is 115 cm³/mol. The lowest BCUT2D eigenvalue weighted by Crippen LogP contribution is -2.27. The second kappa shape index (κ2) is 8.98. The maximum absolute atomic E-state index is 12.1. The Morgan fingerprint density at radius 1 is 1.21 bits per heavy atom. The first-order valence-corrected chi connectivity index (χ1v) is 11.7. The fourth-order valence-corrected chi connectivity index (χ4v) is 5.17. The van der Waals surface area contributed by atoms with Gasteiger partial charge in [0.15, 0.2) is 11.5 Å². The van der Waals surface area contributed by atoms with E-state index in [0.29, 0.717) is 25.5 Å². The van der Waals surface area contributed by atoms with Gasteiger partial charge < -0.3 is 14.8 Å². The van der Waals surface area contributed by atoms with Gasteiger partial charge in [0.1, 0.15) is 13.2 Å². The zero-order valence-corrected chi connectivity index (χ0v) is 17.8. The highest BCUT2D eigenvalue weighted by atomic mass is 32.2. The number of ether oxygens (including phenoxy) is 2. The van der Waals surface area contributed by atoms with Crippen LogP contribution >= 0.6 is 34.4 Å². The van der Waals surface area contributed by atoms with Gasteiger partial charge in [-0.25, -0.2) is 4.98 Å². The Balaban J connectivity index is 1.21. The van der Waals surface area contributed by atoms with Crippen LogP contribution in [0.1, 0.15) is 9.88 Å². The Morgan fingerprint density at radius 3 is 2.89 bits per heavy atom. The minimum absolute atomic E-state index is 0.0341. The summed E-state index contributed by atoms with van der Waals surface area (Å²) < 4.78 is 11.1. The number of thioether (sulfide) groups is 1. The summed E-state index contributed by atoms with van der Waals surface area (Å²) in [6, 6.07) is 10.0. The molecule has 0 unspecified atom stereocenters. The normalized spacial score (nSPS) is 12.8. The van der Waals surface area contributed by atoms with Crippen LogP contribution in [0.15, 0.2) is 40.6 Å². The fraction of sp³-hybridized carbons (Fsp3) is 0.300. The highest BCUT2D eigenvalue weighted by Gasteiger charge is 2.13. The number of nitrogens with one attached hydrogen (secondary N) is 1. The van der Waals surface area contributed by atoms with Crippen molar-refractivity contribution in [1.29, 1.82) is 0 Å². The summed E-state index contributed by atoms with van der Waals surface area (Å²) >= 11 is 4.90. The van der Waals surface area contributed by atoms with Crippen LogP contribution in [0.25, 0.3) is 10.6 Å². The van der Waals surface area contributed by atoms with Crippen LogP contribution in [-0.2, 0) is 11.2 Å². The number of benzene rings is 1. The van der Waals surface area contributed by atoms with E-state index in [9.17, 15) is 4.79 Å². The van der Waals surface area contributed by atoms with E-state index < -0.39 is 0 Å². The van der Waals surface area contributed by atoms with Crippen LogP contribution in [0.2, 0.25) is 0 Å². The molecule has 0 saturated heterocycles. The largest absolute Gasteiger partial charge is 0.486 e. The molecule has 0 radical (unpaired) electrons. The first-order valence-electron chi connectivity index (χ1n) is 8.98. The summed E-state index contributed by atoms with van der Waals surface area (Å²) in [4.78, 5) is 20.1. The van der Waals surface area contributed by atoms with Gasteiger partial charge in [-0.3, -0.25) is 4.79 Å². The number of thiazole rings is 1. The molecule has 1 aliphatic rings. The number of carbonyl (C=O) groups excluding carboxylic acids is 1. The quantitative estimate of drug-likeness (QED) is 0.561. The molecular weight excluding hydrogens is 412 g/mol. The zero-order valence-electron chi connectivity index (χ0n) is 15.4. The molecule has 0 saturated carbocycles. The molecule has 28 heavy (non-hydrogen) atoms. The fourth-order valence-electron chi connectivity index (χ4n) is 2.77. The molecule has 146 valence electrons. The summed E-state index contributed by atoms with van der Waals surface area (Å²) in [6.45, 7) is 3.79. The van der Waals surface area contributed by atoms with Gasteiger partial charge in [-0.2, -0.15) is 0 Å². The first-order chi connectivity index (χ1) is 13.7. The van der Waals surface area contributed by atoms with Gasteiger partial charge in [0.2, 0.25) is 5.91 Å². The Kier molecular flexibility index (Phi) is 6.19. The lowest BCUT2D eigenvalue weighted by Gasteiger charge is -2.18. The van der Waals surface area contributed by atoms with Gasteiger partial charge in [0, 0.05) is 21.7 Å². The van der Waals surface area contributed by atoms with E-state index in [1.54, 1.807) is 22.7 Å². The van der Waals surface area contributed by atoms with Crippen molar-refractivity contribution in [3.05, 3.63) is 45.6 Å². The zero-order chi connectivity index (χ0) is 19.3. The smallest absolute Gasteiger partial charge is 0.230 e. The summed E-state index contributed by atoms with van der Waals surface area (Å²) in [5.74, 6) is 1.93. The van der Waals surface area contributed by atoms with Gasteiger partial charge in [0.05, 0.1) is 21.3 Å². The SMILES string of the molecule is Cc1nc(-c2ccc(CCNC(=O)CSc3ccc4c(c3)OCCO4)s2)cs1. The van der Waals surface area contributed by atoms with Crippen molar-refractivity contribution in [2.75, 3.05) is 25.5 Å². The number of hydrogen-bond acceptors (Lipinski definition) is 7. The summed E-state index contributed by atoms with van der Waals surface area (Å²) in [6.07, 6.45) is 0.828. The number of hydrogen-bond donors (Lipinski definition) is 1. The van der Waals surface area contributed by atoms with Crippen LogP contribution in [0, 0.1) is 6.92 Å². The first kappa shape index (κ1) is 19.3. The molecule has 1 aliphatic heterocycles. The van der Waals surface area contributed by atoms with Crippen molar-refractivity contribution in [3.63, 3.8) is 0 Å². The van der Waals surface area contributed by atoms with E-state index in [1.807, 2.05) is 25.1 Å². The molecule has 1 N–H and O–H groups in total. The molecule has 0 aliphatic carbocycles. The van der Waals surface area contributed by atoms with E-state index in [1.165, 1.54) is 21.5 Å². The average molecular weight is 433 g/mol. The second-order valence-electron chi connectivity index (χ2n) is 6.21. The maximum Gasteiger partial charge on any atom is 0.230 e. The van der Waals surface area contributed by atoms with Crippen molar-refractivity contribution in [2.45, 2.75) is 18.2 Å². The Morgan fingerprint density at radius 2 is 2.07 bits per heavy atom. The Hall–Kier alpha value is -2.03. The topological polar surface area (TPSA) is 60.5 Å². The molecule has 3 heterocycles. The molecule has 1 aromatic carbocycles. The number of carbonyl (C=O) groups is 1. The molecule has 1 amide bonds. The molecule has 8 heteroatoms. The predicted octanol–water partition coefficient (Wildman–Crippen LogP) is 4.40. The molecule has 2 aromatic heterocycles. The van der Waals surface area contributed by atoms with Crippen LogP contribution < -0.4 is 14.8 Å². The number of rotatable bonds is 7. The third-order valence-electron chi connectivity index (χ3n) is 4.11. The number of amides is 1. The van der Waals surface area contributed by atoms with E-state index in [2.05, 4.69) is 27.8 Å². The minimum Gasteiger partial charge on any atom is -0.486 e. The van der Waals surface area contributed by atoms with Crippen molar-refractivity contribution in [3.8, 4) is 22.1 Å². The Bertz CT molecular complexity index is 967. The monoisotopic (exact) mass is 432 g/mol. The van der Waals surface area contributed by atoms with Gasteiger partial charge in [-0.15, -0.1) is 34.4 Å². The molecule has 0 spiro atoms. The molecule has 0 atom stereocenters. The Labute approximate surface area is 176 Å². The molecule has 3 aromatic rings. The van der Waals surface area contributed by atoms with E-state index in [-0.39, 0.29) is 5.91 Å². The number of thiophene rings is 1. The standard InChI is InChI=1S/C20H20N2O3S3/c1-13-22-16(11-26-13)19-5-3-14(28-19)6-7-21-20(23)12-27-15-2-4-17-18(10-15)25-9-8-24-17/h2-5,10-11H,6-9,12H2,1H3,(H,21,23). The molecule has 0 bridgehead atoms. The van der Waals surface area contributed by atoms with Crippen LogP contribution in [-0.4, -0.2) is 36.4 Å². The highest BCUT2D eigenvalue weighted by Crippen LogP contribution is 2.34. The average Bonchev–Trinajstić information content (AvgIpc) is 3.35. The van der Waals surface area contributed by atoms with Crippen molar-refractivity contribution >= 4 is 40.3 Å². The van der Waals surface area contributed by atoms with Gasteiger partial charge in [-0.1, -0.05) is 0 Å². The van der Waals surface area contributed by atoms with Crippen LogP contribution in [0.5, 0.6) is 11.5 Å². The van der Waals surface area contributed by atoms with Crippen LogP contribution in [0.4, 0.5) is 0 Å². The van der Waals surface area contributed by atoms with Crippen molar-refractivity contribution in [2.24, 2.45) is 0 Å². The third kappa shape index (κ3) is 4.87. The number of nitrogens with zero attached hydrogens (tertiary/aromatic N) is 1. The molecule has 4 rings (SSSR count). The van der Waals surface area contributed by atoms with Crippen LogP contribution in [0.3, 0.4) is 0 Å². The molecular formula is C20H20N2O3S3. The summed E-state index contributed by atoms with van der Waals surface area (Å²) in [5.41, 5.74) is 1.04. The number of aromatic nitrogens is 1. The van der Waals surface area contributed by atoms with Gasteiger partial charge in [-0.05, 0) is 43.7 Å².